The zero-order valence-electron chi connectivity index (χ0n) is 7.21. The highest BCUT2D eigenvalue weighted by molar-refractivity contribution is 7.80. The molecule has 1 aliphatic rings. The van der Waals surface area contributed by atoms with Crippen LogP contribution in [0.4, 0.5) is 0 Å². The third kappa shape index (κ3) is 3.58. The first-order chi connectivity index (χ1) is 6.38. The van der Waals surface area contributed by atoms with Crippen LogP contribution in [-0.2, 0) is 19.4 Å². The molecule has 8 heteroatoms. The Hall–Kier alpha value is -0.700. The molecule has 0 spiro atoms. The second-order valence-corrected chi connectivity index (χ2v) is 4.06. The van der Waals surface area contributed by atoms with E-state index >= 15 is 0 Å². The van der Waals surface area contributed by atoms with Gasteiger partial charge in [-0.1, -0.05) is 0 Å². The van der Waals surface area contributed by atoms with E-state index in [9.17, 15) is 13.2 Å². The maximum Gasteiger partial charge on any atom is 0.397 e. The molecule has 1 saturated heterocycles. The lowest BCUT2D eigenvalue weighted by molar-refractivity contribution is -0.140. The van der Waals surface area contributed by atoms with Gasteiger partial charge in [0.1, 0.15) is 6.04 Å². The average Bonchev–Trinajstić information content (AvgIpc) is 2.01. The molecule has 14 heavy (non-hydrogen) atoms. The normalized spacial score (nSPS) is 28.6. The lowest BCUT2D eigenvalue weighted by atomic mass is 10.0. The van der Waals surface area contributed by atoms with Crippen molar-refractivity contribution in [3.8, 4) is 0 Å². The second-order valence-electron chi connectivity index (χ2n) is 3.02. The summed E-state index contributed by atoms with van der Waals surface area (Å²) in [5, 5.41) is 11.3. The third-order valence-corrected chi connectivity index (χ3v) is 2.43. The van der Waals surface area contributed by atoms with Crippen LogP contribution in [0.3, 0.4) is 0 Å². The summed E-state index contributed by atoms with van der Waals surface area (Å²) >= 11 is 0. The van der Waals surface area contributed by atoms with E-state index in [4.69, 9.17) is 9.66 Å². The van der Waals surface area contributed by atoms with Crippen molar-refractivity contribution in [2.24, 2.45) is 0 Å². The van der Waals surface area contributed by atoms with Crippen LogP contribution in [0.5, 0.6) is 0 Å². The van der Waals surface area contributed by atoms with Crippen LogP contribution < -0.4 is 5.32 Å². The Kier molecular flexibility index (Phi) is 3.43. The van der Waals surface area contributed by atoms with E-state index < -0.39 is 28.5 Å². The van der Waals surface area contributed by atoms with Gasteiger partial charge in [-0.05, 0) is 13.0 Å². The summed E-state index contributed by atoms with van der Waals surface area (Å²) in [7, 11) is -4.49. The molecule has 1 heterocycles. The topological polar surface area (TPSA) is 113 Å². The van der Waals surface area contributed by atoms with Crippen LogP contribution in [-0.4, -0.2) is 42.7 Å². The Morgan fingerprint density at radius 3 is 2.64 bits per heavy atom. The first kappa shape index (κ1) is 11.4. The minimum absolute atomic E-state index is 0.0229. The summed E-state index contributed by atoms with van der Waals surface area (Å²) in [5.41, 5.74) is 0. The second kappa shape index (κ2) is 4.22. The van der Waals surface area contributed by atoms with Gasteiger partial charge in [-0.25, -0.2) is 4.18 Å². The Morgan fingerprint density at radius 2 is 2.14 bits per heavy atom. The molecule has 1 fully saturated rings. The standard InChI is InChI=1S/C6H11NO6S/c8-6(9)5-3-4(1-2-7-5)13-14(10,11)12/h4-5,7H,1-3H2,(H,8,9)(H,10,11,12). The Bertz CT molecular complexity index is 312. The molecular formula is C6H11NO6S. The number of nitrogens with one attached hydrogen (secondary N) is 1. The van der Waals surface area contributed by atoms with Crippen molar-refractivity contribution in [2.45, 2.75) is 25.0 Å². The smallest absolute Gasteiger partial charge is 0.397 e. The summed E-state index contributed by atoms with van der Waals surface area (Å²) in [6.45, 7) is 0.344. The number of carboxylic acid groups (broad SMARTS) is 1. The predicted octanol–water partition coefficient (Wildman–Crippen LogP) is -0.989. The molecule has 0 aromatic rings. The summed E-state index contributed by atoms with van der Waals surface area (Å²) in [6.07, 6.45) is -0.397. The highest BCUT2D eigenvalue weighted by Crippen LogP contribution is 2.14. The van der Waals surface area contributed by atoms with Crippen LogP contribution >= 0.6 is 0 Å². The van der Waals surface area contributed by atoms with Crippen molar-refractivity contribution in [3.05, 3.63) is 0 Å². The van der Waals surface area contributed by atoms with Gasteiger partial charge in [0.25, 0.3) is 0 Å². The van der Waals surface area contributed by atoms with Gasteiger partial charge in [0.05, 0.1) is 6.10 Å². The number of piperidine rings is 1. The van der Waals surface area contributed by atoms with Gasteiger partial charge in [0.15, 0.2) is 0 Å². The predicted molar refractivity (Wildman–Crippen MR) is 45.1 cm³/mol. The monoisotopic (exact) mass is 225 g/mol. The van der Waals surface area contributed by atoms with Gasteiger partial charge in [0, 0.05) is 6.42 Å². The van der Waals surface area contributed by atoms with Crippen molar-refractivity contribution >= 4 is 16.4 Å². The maximum absolute atomic E-state index is 10.5. The molecular weight excluding hydrogens is 214 g/mol. The molecule has 2 unspecified atom stereocenters. The molecule has 0 bridgehead atoms. The molecule has 7 nitrogen and oxygen atoms in total. The minimum Gasteiger partial charge on any atom is -0.480 e. The molecule has 0 aromatic heterocycles. The Morgan fingerprint density at radius 1 is 1.50 bits per heavy atom. The van der Waals surface area contributed by atoms with Crippen LogP contribution in [0, 0.1) is 0 Å². The third-order valence-electron chi connectivity index (χ3n) is 1.91. The minimum atomic E-state index is -4.49. The zero-order chi connectivity index (χ0) is 10.8. The molecule has 1 aliphatic heterocycles. The first-order valence-electron chi connectivity index (χ1n) is 4.00. The van der Waals surface area contributed by atoms with E-state index in [0.29, 0.717) is 13.0 Å². The van der Waals surface area contributed by atoms with Gasteiger partial charge in [0.2, 0.25) is 0 Å². The van der Waals surface area contributed by atoms with E-state index in [1.54, 1.807) is 0 Å². The molecule has 82 valence electrons. The van der Waals surface area contributed by atoms with Gasteiger partial charge in [-0.2, -0.15) is 8.42 Å². The fourth-order valence-corrected chi connectivity index (χ4v) is 1.85. The number of carbonyl (C=O) groups is 1. The van der Waals surface area contributed by atoms with E-state index in [1.165, 1.54) is 0 Å². The summed E-state index contributed by atoms with van der Waals surface area (Å²) in [6, 6.07) is -0.824. The number of carboxylic acids is 1. The molecule has 0 aliphatic carbocycles. The van der Waals surface area contributed by atoms with Crippen LogP contribution in [0.25, 0.3) is 0 Å². The van der Waals surface area contributed by atoms with Crippen LogP contribution in [0.1, 0.15) is 12.8 Å². The molecule has 1 rings (SSSR count). The molecule has 0 saturated carbocycles. The van der Waals surface area contributed by atoms with E-state index in [2.05, 4.69) is 9.50 Å². The van der Waals surface area contributed by atoms with Crippen molar-refractivity contribution in [1.82, 2.24) is 5.32 Å². The van der Waals surface area contributed by atoms with Gasteiger partial charge in [-0.15, -0.1) is 0 Å². The molecule has 0 radical (unpaired) electrons. The van der Waals surface area contributed by atoms with Gasteiger partial charge in [-0.3, -0.25) is 9.35 Å². The lowest BCUT2D eigenvalue weighted by Crippen LogP contribution is -2.46. The number of aliphatic carboxylic acids is 1. The van der Waals surface area contributed by atoms with Gasteiger partial charge >= 0.3 is 16.4 Å². The van der Waals surface area contributed by atoms with Crippen LogP contribution in [0.2, 0.25) is 0 Å². The lowest BCUT2D eigenvalue weighted by Gasteiger charge is -2.26. The fourth-order valence-electron chi connectivity index (χ4n) is 1.33. The van der Waals surface area contributed by atoms with Crippen LogP contribution in [0.15, 0.2) is 0 Å². The average molecular weight is 225 g/mol. The number of rotatable bonds is 3. The van der Waals surface area contributed by atoms with Crippen molar-refractivity contribution < 1.29 is 27.1 Å². The SMILES string of the molecule is O=C(O)C1CC(OS(=O)(=O)O)CCN1. The molecule has 3 N–H and O–H groups in total. The van der Waals surface area contributed by atoms with E-state index in [-0.39, 0.29) is 6.42 Å². The van der Waals surface area contributed by atoms with E-state index in [0.717, 1.165) is 0 Å². The highest BCUT2D eigenvalue weighted by atomic mass is 32.3. The summed E-state index contributed by atoms with van der Waals surface area (Å²) in [4.78, 5) is 10.5. The number of hydrogen-bond acceptors (Lipinski definition) is 5. The fraction of sp³-hybridized carbons (Fsp3) is 0.833. The quantitative estimate of drug-likeness (QED) is 0.528. The maximum atomic E-state index is 10.5. The largest absolute Gasteiger partial charge is 0.480 e. The highest BCUT2D eigenvalue weighted by Gasteiger charge is 2.29. The summed E-state index contributed by atoms with van der Waals surface area (Å²) in [5.74, 6) is -1.06. The van der Waals surface area contributed by atoms with E-state index in [1.807, 2.05) is 0 Å². The molecule has 0 aromatic carbocycles. The van der Waals surface area contributed by atoms with Crippen molar-refractivity contribution in [3.63, 3.8) is 0 Å². The number of hydrogen-bond donors (Lipinski definition) is 3. The van der Waals surface area contributed by atoms with Crippen molar-refractivity contribution in [1.29, 1.82) is 0 Å². The summed E-state index contributed by atoms with van der Waals surface area (Å²) < 4.78 is 33.3. The zero-order valence-corrected chi connectivity index (χ0v) is 8.03. The van der Waals surface area contributed by atoms with Gasteiger partial charge < -0.3 is 10.4 Å². The molecule has 2 atom stereocenters. The Labute approximate surface area is 81.0 Å². The van der Waals surface area contributed by atoms with Crippen molar-refractivity contribution in [2.75, 3.05) is 6.54 Å². The first-order valence-corrected chi connectivity index (χ1v) is 5.37. The Balaban J connectivity index is 2.52. The molecule has 0 amide bonds.